The molecule has 0 amide bonds. The highest BCUT2D eigenvalue weighted by Gasteiger charge is 2.18. The van der Waals surface area contributed by atoms with E-state index >= 15 is 0 Å². The maximum atomic E-state index is 12.2. The molecule has 1 aromatic rings. The SMILES string of the molecule is CNCCCNS(=O)(=O)c1cc(C(=O)OC)ccc1C. The van der Waals surface area contributed by atoms with Gasteiger partial charge in [-0.05, 0) is 44.6 Å². The van der Waals surface area contributed by atoms with Gasteiger partial charge in [0.05, 0.1) is 17.6 Å². The second-order valence-electron chi connectivity index (χ2n) is 4.33. The molecule has 0 spiro atoms. The molecule has 0 saturated carbocycles. The summed E-state index contributed by atoms with van der Waals surface area (Å²) >= 11 is 0. The van der Waals surface area contributed by atoms with Crippen LogP contribution in [0.3, 0.4) is 0 Å². The van der Waals surface area contributed by atoms with Crippen molar-refractivity contribution in [2.75, 3.05) is 27.2 Å². The second kappa shape index (κ2) is 7.37. The Balaban J connectivity index is 2.96. The van der Waals surface area contributed by atoms with Gasteiger partial charge in [0.1, 0.15) is 0 Å². The van der Waals surface area contributed by atoms with Crippen LogP contribution in [0.5, 0.6) is 0 Å². The number of hydrogen-bond acceptors (Lipinski definition) is 5. The van der Waals surface area contributed by atoms with Gasteiger partial charge in [-0.1, -0.05) is 6.07 Å². The lowest BCUT2D eigenvalue weighted by atomic mass is 10.1. The maximum absolute atomic E-state index is 12.2. The molecule has 1 rings (SSSR count). The first-order valence-electron chi connectivity index (χ1n) is 6.25. The molecule has 0 radical (unpaired) electrons. The molecule has 112 valence electrons. The number of carbonyl (C=O) groups excluding carboxylic acids is 1. The summed E-state index contributed by atoms with van der Waals surface area (Å²) in [5.41, 5.74) is 0.799. The van der Waals surface area contributed by atoms with Gasteiger partial charge in [-0.3, -0.25) is 0 Å². The Kier molecular flexibility index (Phi) is 6.12. The van der Waals surface area contributed by atoms with Gasteiger partial charge in [0.2, 0.25) is 10.0 Å². The average Bonchev–Trinajstić information content (AvgIpc) is 2.43. The zero-order chi connectivity index (χ0) is 15.2. The normalized spacial score (nSPS) is 11.3. The second-order valence-corrected chi connectivity index (χ2v) is 6.06. The Morgan fingerprint density at radius 3 is 2.60 bits per heavy atom. The van der Waals surface area contributed by atoms with Crippen molar-refractivity contribution in [3.63, 3.8) is 0 Å². The van der Waals surface area contributed by atoms with Crippen LogP contribution in [0, 0.1) is 6.92 Å². The molecule has 0 aliphatic rings. The lowest BCUT2D eigenvalue weighted by Gasteiger charge is -2.10. The van der Waals surface area contributed by atoms with Crippen LogP contribution in [-0.4, -0.2) is 41.6 Å². The van der Waals surface area contributed by atoms with E-state index in [-0.39, 0.29) is 10.5 Å². The highest BCUT2D eigenvalue weighted by Crippen LogP contribution is 2.17. The standard InChI is InChI=1S/C13H20N2O4S/c1-10-5-6-11(13(16)19-3)9-12(10)20(17,18)15-8-4-7-14-2/h5-6,9,14-15H,4,7-8H2,1-3H3. The first-order valence-corrected chi connectivity index (χ1v) is 7.74. The van der Waals surface area contributed by atoms with E-state index in [0.29, 0.717) is 18.5 Å². The molecular weight excluding hydrogens is 280 g/mol. The number of methoxy groups -OCH3 is 1. The highest BCUT2D eigenvalue weighted by molar-refractivity contribution is 7.89. The van der Waals surface area contributed by atoms with Gasteiger partial charge in [-0.2, -0.15) is 0 Å². The number of sulfonamides is 1. The van der Waals surface area contributed by atoms with E-state index in [9.17, 15) is 13.2 Å². The van der Waals surface area contributed by atoms with Crippen molar-refractivity contribution in [1.82, 2.24) is 10.0 Å². The third kappa shape index (κ3) is 4.29. The molecular formula is C13H20N2O4S. The summed E-state index contributed by atoms with van der Waals surface area (Å²) in [5.74, 6) is -0.559. The number of ether oxygens (including phenoxy) is 1. The maximum Gasteiger partial charge on any atom is 0.337 e. The molecule has 0 fully saturated rings. The zero-order valence-electron chi connectivity index (χ0n) is 11.9. The van der Waals surface area contributed by atoms with Crippen LogP contribution in [0.2, 0.25) is 0 Å². The average molecular weight is 300 g/mol. The number of nitrogens with one attached hydrogen (secondary N) is 2. The van der Waals surface area contributed by atoms with Gasteiger partial charge < -0.3 is 10.1 Å². The minimum absolute atomic E-state index is 0.102. The molecule has 0 saturated heterocycles. The number of hydrogen-bond donors (Lipinski definition) is 2. The molecule has 0 unspecified atom stereocenters. The largest absolute Gasteiger partial charge is 0.465 e. The predicted octanol–water partition coefficient (Wildman–Crippen LogP) is 0.669. The Hall–Kier alpha value is -1.44. The molecule has 6 nitrogen and oxygen atoms in total. The van der Waals surface area contributed by atoms with Crippen LogP contribution < -0.4 is 10.0 Å². The Morgan fingerprint density at radius 2 is 2.00 bits per heavy atom. The quantitative estimate of drug-likeness (QED) is 0.571. The fourth-order valence-corrected chi connectivity index (χ4v) is 3.03. The molecule has 0 heterocycles. The molecule has 0 aliphatic carbocycles. The van der Waals surface area contributed by atoms with Gasteiger partial charge in [-0.15, -0.1) is 0 Å². The van der Waals surface area contributed by atoms with Gasteiger partial charge in [-0.25, -0.2) is 17.9 Å². The van der Waals surface area contributed by atoms with Crippen molar-refractivity contribution in [3.05, 3.63) is 29.3 Å². The number of esters is 1. The number of rotatable bonds is 7. The molecule has 20 heavy (non-hydrogen) atoms. The van der Waals surface area contributed by atoms with Crippen molar-refractivity contribution < 1.29 is 17.9 Å². The predicted molar refractivity (Wildman–Crippen MR) is 76.3 cm³/mol. The van der Waals surface area contributed by atoms with Gasteiger partial charge in [0.25, 0.3) is 0 Å². The summed E-state index contributed by atoms with van der Waals surface area (Å²) in [6.07, 6.45) is 0.686. The van der Waals surface area contributed by atoms with Crippen molar-refractivity contribution >= 4 is 16.0 Å². The highest BCUT2D eigenvalue weighted by atomic mass is 32.2. The first-order chi connectivity index (χ1) is 9.42. The van der Waals surface area contributed by atoms with E-state index in [1.165, 1.54) is 13.2 Å². The van der Waals surface area contributed by atoms with Crippen LogP contribution in [-0.2, 0) is 14.8 Å². The molecule has 7 heteroatoms. The van der Waals surface area contributed by atoms with E-state index in [0.717, 1.165) is 6.54 Å². The Bertz CT molecular complexity index is 570. The van der Waals surface area contributed by atoms with E-state index in [4.69, 9.17) is 0 Å². The van der Waals surface area contributed by atoms with E-state index in [1.807, 2.05) is 0 Å². The summed E-state index contributed by atoms with van der Waals surface area (Å²) in [6, 6.07) is 4.47. The van der Waals surface area contributed by atoms with Gasteiger partial charge in [0, 0.05) is 6.54 Å². The third-order valence-electron chi connectivity index (χ3n) is 2.79. The Morgan fingerprint density at radius 1 is 1.30 bits per heavy atom. The summed E-state index contributed by atoms with van der Waals surface area (Å²) < 4.78 is 31.5. The lowest BCUT2D eigenvalue weighted by molar-refractivity contribution is 0.0600. The van der Waals surface area contributed by atoms with Gasteiger partial charge >= 0.3 is 5.97 Å². The number of carbonyl (C=O) groups is 1. The summed E-state index contributed by atoms with van der Waals surface area (Å²) in [5, 5.41) is 2.94. The third-order valence-corrected chi connectivity index (χ3v) is 4.40. The van der Waals surface area contributed by atoms with Crippen molar-refractivity contribution in [2.24, 2.45) is 0 Å². The van der Waals surface area contributed by atoms with Crippen LogP contribution in [0.1, 0.15) is 22.3 Å². The minimum atomic E-state index is -3.62. The molecule has 0 atom stereocenters. The molecule has 1 aromatic carbocycles. The molecule has 0 aliphatic heterocycles. The summed E-state index contributed by atoms with van der Waals surface area (Å²) in [4.78, 5) is 11.6. The molecule has 2 N–H and O–H groups in total. The first kappa shape index (κ1) is 16.6. The minimum Gasteiger partial charge on any atom is -0.465 e. The summed E-state index contributed by atoms with van der Waals surface area (Å²) in [6.45, 7) is 2.75. The fourth-order valence-electron chi connectivity index (χ4n) is 1.68. The number of benzene rings is 1. The number of aryl methyl sites for hydroxylation is 1. The van der Waals surface area contributed by atoms with E-state index < -0.39 is 16.0 Å². The topological polar surface area (TPSA) is 84.5 Å². The molecule has 0 bridgehead atoms. The summed E-state index contributed by atoms with van der Waals surface area (Å²) in [7, 11) is -0.561. The van der Waals surface area contributed by atoms with Crippen LogP contribution in [0.4, 0.5) is 0 Å². The van der Waals surface area contributed by atoms with Gasteiger partial charge in [0.15, 0.2) is 0 Å². The van der Waals surface area contributed by atoms with Crippen LogP contribution in [0.15, 0.2) is 23.1 Å². The molecule has 0 aromatic heterocycles. The fraction of sp³-hybridized carbons (Fsp3) is 0.462. The monoisotopic (exact) mass is 300 g/mol. The van der Waals surface area contributed by atoms with Crippen molar-refractivity contribution in [3.8, 4) is 0 Å². The van der Waals surface area contributed by atoms with Crippen LogP contribution >= 0.6 is 0 Å². The van der Waals surface area contributed by atoms with E-state index in [2.05, 4.69) is 14.8 Å². The Labute approximate surface area is 119 Å². The van der Waals surface area contributed by atoms with E-state index in [1.54, 1.807) is 26.1 Å². The zero-order valence-corrected chi connectivity index (χ0v) is 12.7. The van der Waals surface area contributed by atoms with Crippen molar-refractivity contribution in [1.29, 1.82) is 0 Å². The lowest BCUT2D eigenvalue weighted by Crippen LogP contribution is -2.27. The van der Waals surface area contributed by atoms with Crippen molar-refractivity contribution in [2.45, 2.75) is 18.2 Å². The van der Waals surface area contributed by atoms with Crippen LogP contribution in [0.25, 0.3) is 0 Å². The smallest absolute Gasteiger partial charge is 0.337 e.